The Kier molecular flexibility index (Phi) is 4.28. The van der Waals surface area contributed by atoms with Crippen molar-refractivity contribution in [2.24, 2.45) is 0 Å². The van der Waals surface area contributed by atoms with Gasteiger partial charge in [-0.15, -0.1) is 0 Å². The molecule has 0 radical (unpaired) electrons. The zero-order chi connectivity index (χ0) is 13.8. The standard InChI is InChI=1S/C15H17BrN4/c16-13-3-1-11(2-4-13)12-9-18-15(19-10-12)20-14-5-7-17-8-6-14/h1-4,9-10,14,17H,5-8H2,(H,18,19,20). The van der Waals surface area contributed by atoms with Crippen LogP contribution in [0.2, 0.25) is 0 Å². The van der Waals surface area contributed by atoms with E-state index in [0.29, 0.717) is 6.04 Å². The Morgan fingerprint density at radius 3 is 2.30 bits per heavy atom. The summed E-state index contributed by atoms with van der Waals surface area (Å²) in [6.07, 6.45) is 5.99. The summed E-state index contributed by atoms with van der Waals surface area (Å²) in [4.78, 5) is 8.83. The monoisotopic (exact) mass is 332 g/mol. The van der Waals surface area contributed by atoms with E-state index >= 15 is 0 Å². The predicted molar refractivity (Wildman–Crippen MR) is 84.7 cm³/mol. The molecular formula is C15H17BrN4. The Labute approximate surface area is 127 Å². The minimum absolute atomic E-state index is 0.481. The van der Waals surface area contributed by atoms with Gasteiger partial charge in [-0.25, -0.2) is 9.97 Å². The maximum atomic E-state index is 4.42. The Bertz CT molecular complexity index is 547. The van der Waals surface area contributed by atoms with Crippen LogP contribution in [0.4, 0.5) is 5.95 Å². The van der Waals surface area contributed by atoms with Gasteiger partial charge in [0.2, 0.25) is 5.95 Å². The van der Waals surface area contributed by atoms with E-state index in [1.54, 1.807) is 0 Å². The van der Waals surface area contributed by atoms with Crippen LogP contribution < -0.4 is 10.6 Å². The van der Waals surface area contributed by atoms with E-state index in [-0.39, 0.29) is 0 Å². The molecule has 104 valence electrons. The molecule has 1 aromatic heterocycles. The maximum Gasteiger partial charge on any atom is 0.222 e. The molecule has 20 heavy (non-hydrogen) atoms. The van der Waals surface area contributed by atoms with E-state index in [1.807, 2.05) is 24.5 Å². The third-order valence-electron chi connectivity index (χ3n) is 3.50. The quantitative estimate of drug-likeness (QED) is 0.906. The lowest BCUT2D eigenvalue weighted by atomic mass is 10.1. The number of piperidine rings is 1. The molecule has 1 aromatic carbocycles. The summed E-state index contributed by atoms with van der Waals surface area (Å²) >= 11 is 3.44. The van der Waals surface area contributed by atoms with Gasteiger partial charge in [0.1, 0.15) is 0 Å². The molecule has 1 aliphatic heterocycles. The predicted octanol–water partition coefficient (Wildman–Crippen LogP) is 3.07. The number of hydrogen-bond acceptors (Lipinski definition) is 4. The molecule has 4 nitrogen and oxygen atoms in total. The van der Waals surface area contributed by atoms with Crippen molar-refractivity contribution in [3.05, 3.63) is 41.1 Å². The largest absolute Gasteiger partial charge is 0.351 e. The molecule has 0 spiro atoms. The highest BCUT2D eigenvalue weighted by molar-refractivity contribution is 9.10. The molecule has 2 N–H and O–H groups in total. The van der Waals surface area contributed by atoms with Crippen LogP contribution in [0, 0.1) is 0 Å². The van der Waals surface area contributed by atoms with Crippen LogP contribution in [-0.4, -0.2) is 29.1 Å². The minimum atomic E-state index is 0.481. The fourth-order valence-electron chi connectivity index (χ4n) is 2.34. The van der Waals surface area contributed by atoms with E-state index in [2.05, 4.69) is 48.7 Å². The SMILES string of the molecule is Brc1ccc(-c2cnc(NC3CCNCC3)nc2)cc1. The van der Waals surface area contributed by atoms with Crippen LogP contribution >= 0.6 is 15.9 Å². The van der Waals surface area contributed by atoms with Crippen LogP contribution in [0.3, 0.4) is 0 Å². The van der Waals surface area contributed by atoms with Crippen molar-refractivity contribution in [1.82, 2.24) is 15.3 Å². The van der Waals surface area contributed by atoms with Crippen molar-refractivity contribution in [1.29, 1.82) is 0 Å². The Morgan fingerprint density at radius 1 is 1.00 bits per heavy atom. The van der Waals surface area contributed by atoms with E-state index in [0.717, 1.165) is 47.5 Å². The average molecular weight is 333 g/mol. The highest BCUT2D eigenvalue weighted by Gasteiger charge is 2.13. The van der Waals surface area contributed by atoms with Crippen molar-refractivity contribution in [3.63, 3.8) is 0 Å². The molecule has 2 heterocycles. The summed E-state index contributed by atoms with van der Waals surface area (Å²) in [6.45, 7) is 2.13. The molecule has 0 atom stereocenters. The molecule has 0 saturated carbocycles. The second-order valence-electron chi connectivity index (χ2n) is 4.97. The fourth-order valence-corrected chi connectivity index (χ4v) is 2.61. The van der Waals surface area contributed by atoms with Crippen molar-refractivity contribution in [2.75, 3.05) is 18.4 Å². The molecule has 3 rings (SSSR count). The topological polar surface area (TPSA) is 49.8 Å². The average Bonchev–Trinajstić information content (AvgIpc) is 2.50. The molecule has 0 amide bonds. The minimum Gasteiger partial charge on any atom is -0.351 e. The first-order valence-corrected chi connectivity index (χ1v) is 7.66. The molecule has 5 heteroatoms. The van der Waals surface area contributed by atoms with Crippen LogP contribution in [0.5, 0.6) is 0 Å². The van der Waals surface area contributed by atoms with Gasteiger partial charge in [-0.3, -0.25) is 0 Å². The van der Waals surface area contributed by atoms with Crippen molar-refractivity contribution < 1.29 is 0 Å². The second kappa shape index (κ2) is 6.33. The lowest BCUT2D eigenvalue weighted by molar-refractivity contribution is 0.477. The number of anilines is 1. The molecule has 1 saturated heterocycles. The summed E-state index contributed by atoms with van der Waals surface area (Å²) < 4.78 is 1.08. The van der Waals surface area contributed by atoms with Gasteiger partial charge in [-0.1, -0.05) is 28.1 Å². The zero-order valence-electron chi connectivity index (χ0n) is 11.1. The summed E-state index contributed by atoms with van der Waals surface area (Å²) in [6, 6.07) is 8.65. The number of hydrogen-bond donors (Lipinski definition) is 2. The van der Waals surface area contributed by atoms with Gasteiger partial charge in [0.05, 0.1) is 0 Å². The first-order valence-electron chi connectivity index (χ1n) is 6.86. The van der Waals surface area contributed by atoms with Crippen LogP contribution in [-0.2, 0) is 0 Å². The van der Waals surface area contributed by atoms with Crippen LogP contribution in [0.25, 0.3) is 11.1 Å². The molecule has 0 unspecified atom stereocenters. The van der Waals surface area contributed by atoms with Gasteiger partial charge in [0.15, 0.2) is 0 Å². The second-order valence-corrected chi connectivity index (χ2v) is 5.89. The lowest BCUT2D eigenvalue weighted by Gasteiger charge is -2.23. The Hall–Kier alpha value is -1.46. The lowest BCUT2D eigenvalue weighted by Crippen LogP contribution is -2.35. The van der Waals surface area contributed by atoms with E-state index in [9.17, 15) is 0 Å². The molecule has 0 aliphatic carbocycles. The molecule has 1 aliphatic rings. The van der Waals surface area contributed by atoms with Gasteiger partial charge in [-0.2, -0.15) is 0 Å². The van der Waals surface area contributed by atoms with Gasteiger partial charge in [0.25, 0.3) is 0 Å². The summed E-state index contributed by atoms with van der Waals surface area (Å²) in [5, 5.41) is 6.75. The molecule has 0 bridgehead atoms. The smallest absolute Gasteiger partial charge is 0.222 e. The van der Waals surface area contributed by atoms with Crippen molar-refractivity contribution in [2.45, 2.75) is 18.9 Å². The summed E-state index contributed by atoms with van der Waals surface area (Å²) in [7, 11) is 0. The van der Waals surface area contributed by atoms with Crippen molar-refractivity contribution >= 4 is 21.9 Å². The van der Waals surface area contributed by atoms with Crippen LogP contribution in [0.1, 0.15) is 12.8 Å². The highest BCUT2D eigenvalue weighted by Crippen LogP contribution is 2.21. The number of aromatic nitrogens is 2. The maximum absolute atomic E-state index is 4.42. The van der Waals surface area contributed by atoms with E-state index in [1.165, 1.54) is 0 Å². The summed E-state index contributed by atoms with van der Waals surface area (Å²) in [5.74, 6) is 0.720. The van der Waals surface area contributed by atoms with Gasteiger partial charge in [0, 0.05) is 28.5 Å². The summed E-state index contributed by atoms with van der Waals surface area (Å²) in [5.41, 5.74) is 2.16. The number of nitrogens with zero attached hydrogens (tertiary/aromatic N) is 2. The number of benzene rings is 1. The number of halogens is 1. The van der Waals surface area contributed by atoms with Gasteiger partial charge in [-0.05, 0) is 43.6 Å². The first-order chi connectivity index (χ1) is 9.81. The first kappa shape index (κ1) is 13.5. The highest BCUT2D eigenvalue weighted by atomic mass is 79.9. The third-order valence-corrected chi connectivity index (χ3v) is 4.03. The zero-order valence-corrected chi connectivity index (χ0v) is 12.7. The Balaban J connectivity index is 1.69. The van der Waals surface area contributed by atoms with Crippen molar-refractivity contribution in [3.8, 4) is 11.1 Å². The number of nitrogens with one attached hydrogen (secondary N) is 2. The normalized spacial score (nSPS) is 16.1. The fraction of sp³-hybridized carbons (Fsp3) is 0.333. The van der Waals surface area contributed by atoms with Crippen LogP contribution in [0.15, 0.2) is 41.1 Å². The molecule has 1 fully saturated rings. The van der Waals surface area contributed by atoms with Gasteiger partial charge >= 0.3 is 0 Å². The van der Waals surface area contributed by atoms with E-state index < -0.39 is 0 Å². The molecular weight excluding hydrogens is 316 g/mol. The Morgan fingerprint density at radius 2 is 1.65 bits per heavy atom. The van der Waals surface area contributed by atoms with Gasteiger partial charge < -0.3 is 10.6 Å². The van der Waals surface area contributed by atoms with E-state index in [4.69, 9.17) is 0 Å². The third kappa shape index (κ3) is 3.35. The number of rotatable bonds is 3. The molecule has 2 aromatic rings.